The van der Waals surface area contributed by atoms with Gasteiger partial charge in [0.1, 0.15) is 0 Å². The molecule has 180 valence electrons. The summed E-state index contributed by atoms with van der Waals surface area (Å²) in [6.45, 7) is 0. The van der Waals surface area contributed by atoms with Crippen LogP contribution in [0.4, 0.5) is 0 Å². The van der Waals surface area contributed by atoms with E-state index in [4.69, 9.17) is 9.47 Å². The minimum atomic E-state index is -0.283. The molecule has 0 fully saturated rings. The third-order valence-corrected chi connectivity index (χ3v) is 8.10. The van der Waals surface area contributed by atoms with Crippen molar-refractivity contribution in [2.45, 2.75) is 36.5 Å². The van der Waals surface area contributed by atoms with Gasteiger partial charge in [0.15, 0.2) is 17.3 Å². The van der Waals surface area contributed by atoms with E-state index in [9.17, 15) is 4.79 Å². The fraction of sp³-hybridized carbons (Fsp3) is 0.242. The molecule has 4 aromatic rings. The van der Waals surface area contributed by atoms with Gasteiger partial charge in [-0.15, -0.1) is 0 Å². The average molecular weight is 475 g/mol. The summed E-state index contributed by atoms with van der Waals surface area (Å²) >= 11 is 0. The first kappa shape index (κ1) is 22.6. The summed E-state index contributed by atoms with van der Waals surface area (Å²) in [7, 11) is 3.41. The van der Waals surface area contributed by atoms with Crippen molar-refractivity contribution < 1.29 is 14.3 Å². The third-order valence-electron chi connectivity index (χ3n) is 8.10. The SMILES string of the molecule is COc1cc2c3c(c1OC)[C@H](c1ccccc1)C[C@H]3C[C@H](c1ccccc1)[C@H]2C(=O)c1ccccc1. The molecule has 0 radical (unpaired) electrons. The standard InChI is InChI=1S/C33H30O3/c1-35-28-20-27-29-24(19-26(31(29)33(28)36-2)22-14-8-4-9-15-22)18-25(21-12-6-3-7-13-21)30(27)32(34)23-16-10-5-11-17-23/h3-17,20,24-26,30H,18-19H2,1-2H3/t24-,25-,26+,30-/m1/s1. The Balaban J connectivity index is 1.60. The lowest BCUT2D eigenvalue weighted by Gasteiger charge is -2.37. The summed E-state index contributed by atoms with van der Waals surface area (Å²) in [4.78, 5) is 14.2. The van der Waals surface area contributed by atoms with Gasteiger partial charge in [0.2, 0.25) is 0 Å². The summed E-state index contributed by atoms with van der Waals surface area (Å²) in [5, 5.41) is 0. The van der Waals surface area contributed by atoms with E-state index in [1.54, 1.807) is 14.2 Å². The molecule has 0 amide bonds. The van der Waals surface area contributed by atoms with Gasteiger partial charge >= 0.3 is 0 Å². The Hall–Kier alpha value is -3.85. The molecule has 0 heterocycles. The summed E-state index contributed by atoms with van der Waals surface area (Å²) < 4.78 is 11.9. The minimum absolute atomic E-state index is 0.0943. The molecule has 0 aromatic heterocycles. The number of ether oxygens (including phenoxy) is 2. The van der Waals surface area contributed by atoms with Crippen LogP contribution < -0.4 is 9.47 Å². The number of rotatable bonds is 6. The largest absolute Gasteiger partial charge is 0.493 e. The van der Waals surface area contributed by atoms with E-state index in [1.807, 2.05) is 36.4 Å². The first-order valence-electron chi connectivity index (χ1n) is 12.7. The molecule has 36 heavy (non-hydrogen) atoms. The number of Topliss-reactive ketones (excluding diaryl/α,β-unsaturated/α-hetero) is 1. The molecular formula is C33H30O3. The van der Waals surface area contributed by atoms with E-state index in [2.05, 4.69) is 60.7 Å². The fourth-order valence-corrected chi connectivity index (χ4v) is 6.63. The van der Waals surface area contributed by atoms with E-state index < -0.39 is 0 Å². The second-order valence-electron chi connectivity index (χ2n) is 9.89. The van der Waals surface area contributed by atoms with Crippen molar-refractivity contribution in [1.82, 2.24) is 0 Å². The first-order valence-corrected chi connectivity index (χ1v) is 12.7. The lowest BCUT2D eigenvalue weighted by Crippen LogP contribution is -2.28. The van der Waals surface area contributed by atoms with Crippen molar-refractivity contribution in [2.24, 2.45) is 0 Å². The molecule has 0 saturated carbocycles. The molecule has 2 aliphatic rings. The highest BCUT2D eigenvalue weighted by molar-refractivity contribution is 6.02. The van der Waals surface area contributed by atoms with Gasteiger partial charge in [-0.1, -0.05) is 91.0 Å². The molecule has 0 spiro atoms. The maximum atomic E-state index is 14.2. The molecule has 0 unspecified atom stereocenters. The van der Waals surface area contributed by atoms with Crippen LogP contribution in [-0.2, 0) is 0 Å². The van der Waals surface area contributed by atoms with E-state index in [-0.39, 0.29) is 23.5 Å². The summed E-state index contributed by atoms with van der Waals surface area (Å²) in [6, 6.07) is 33.0. The first-order chi connectivity index (χ1) is 17.7. The summed E-state index contributed by atoms with van der Waals surface area (Å²) in [5.41, 5.74) is 6.84. The average Bonchev–Trinajstić information content (AvgIpc) is 3.34. The lowest BCUT2D eigenvalue weighted by molar-refractivity contribution is 0.0937. The van der Waals surface area contributed by atoms with Gasteiger partial charge in [0.05, 0.1) is 20.1 Å². The number of hydrogen-bond acceptors (Lipinski definition) is 3. The molecule has 3 heteroatoms. The van der Waals surface area contributed by atoms with Crippen LogP contribution in [0.1, 0.15) is 74.7 Å². The Morgan fingerprint density at radius 2 is 1.33 bits per heavy atom. The molecule has 0 saturated heterocycles. The molecule has 3 nitrogen and oxygen atoms in total. The van der Waals surface area contributed by atoms with Crippen LogP contribution in [0.5, 0.6) is 11.5 Å². The van der Waals surface area contributed by atoms with Crippen LogP contribution in [0.2, 0.25) is 0 Å². The molecular weight excluding hydrogens is 444 g/mol. The Labute approximate surface area is 212 Å². The van der Waals surface area contributed by atoms with Crippen LogP contribution >= 0.6 is 0 Å². The van der Waals surface area contributed by atoms with Gasteiger partial charge < -0.3 is 9.47 Å². The quantitative estimate of drug-likeness (QED) is 0.272. The smallest absolute Gasteiger partial charge is 0.170 e. The highest BCUT2D eigenvalue weighted by Crippen LogP contribution is 2.61. The number of methoxy groups -OCH3 is 2. The molecule has 6 rings (SSSR count). The highest BCUT2D eigenvalue weighted by Gasteiger charge is 2.47. The lowest BCUT2D eigenvalue weighted by atomic mass is 9.66. The monoisotopic (exact) mass is 474 g/mol. The maximum Gasteiger partial charge on any atom is 0.170 e. The van der Waals surface area contributed by atoms with Gasteiger partial charge in [0.25, 0.3) is 0 Å². The zero-order valence-corrected chi connectivity index (χ0v) is 20.7. The third kappa shape index (κ3) is 3.62. The van der Waals surface area contributed by atoms with Crippen LogP contribution in [0.15, 0.2) is 97.1 Å². The summed E-state index contributed by atoms with van der Waals surface area (Å²) in [5.74, 6) is 2.04. The number of carbonyl (C=O) groups excluding carboxylic acids is 1. The van der Waals surface area contributed by atoms with Crippen LogP contribution in [0, 0.1) is 0 Å². The van der Waals surface area contributed by atoms with Crippen LogP contribution in [0.25, 0.3) is 0 Å². The molecule has 0 bridgehead atoms. The van der Waals surface area contributed by atoms with Gasteiger partial charge in [0, 0.05) is 17.0 Å². The van der Waals surface area contributed by atoms with Crippen molar-refractivity contribution in [1.29, 1.82) is 0 Å². The van der Waals surface area contributed by atoms with E-state index >= 15 is 0 Å². The zero-order valence-electron chi connectivity index (χ0n) is 20.7. The Morgan fingerprint density at radius 1 is 0.722 bits per heavy atom. The highest BCUT2D eigenvalue weighted by atomic mass is 16.5. The molecule has 4 aromatic carbocycles. The van der Waals surface area contributed by atoms with Gasteiger partial charge in [-0.25, -0.2) is 0 Å². The van der Waals surface area contributed by atoms with Crippen molar-refractivity contribution in [3.05, 3.63) is 130 Å². The van der Waals surface area contributed by atoms with E-state index in [1.165, 1.54) is 22.3 Å². The van der Waals surface area contributed by atoms with Gasteiger partial charge in [-0.2, -0.15) is 0 Å². The van der Waals surface area contributed by atoms with Crippen LogP contribution in [0.3, 0.4) is 0 Å². The van der Waals surface area contributed by atoms with Crippen molar-refractivity contribution in [3.63, 3.8) is 0 Å². The van der Waals surface area contributed by atoms with E-state index in [0.29, 0.717) is 11.7 Å². The second kappa shape index (κ2) is 9.31. The van der Waals surface area contributed by atoms with Gasteiger partial charge in [-0.3, -0.25) is 4.79 Å². The van der Waals surface area contributed by atoms with Crippen molar-refractivity contribution in [2.75, 3.05) is 14.2 Å². The normalized spacial score (nSPS) is 22.1. The predicted octanol–water partition coefficient (Wildman–Crippen LogP) is 7.48. The second-order valence-corrected chi connectivity index (χ2v) is 9.89. The number of benzene rings is 4. The van der Waals surface area contributed by atoms with Gasteiger partial charge in [-0.05, 0) is 53.0 Å². The molecule has 0 N–H and O–H groups in total. The number of hydrogen-bond donors (Lipinski definition) is 0. The Kier molecular flexibility index (Phi) is 5.85. The van der Waals surface area contributed by atoms with Crippen molar-refractivity contribution >= 4 is 5.78 Å². The Bertz CT molecular complexity index is 1380. The van der Waals surface area contributed by atoms with Crippen molar-refractivity contribution in [3.8, 4) is 11.5 Å². The topological polar surface area (TPSA) is 35.5 Å². The molecule has 2 aliphatic carbocycles. The Morgan fingerprint density at radius 3 is 1.94 bits per heavy atom. The summed E-state index contributed by atoms with van der Waals surface area (Å²) in [6.07, 6.45) is 1.94. The number of carbonyl (C=O) groups is 1. The maximum absolute atomic E-state index is 14.2. The van der Waals surface area contributed by atoms with E-state index in [0.717, 1.165) is 29.7 Å². The molecule has 4 atom stereocenters. The molecule has 0 aliphatic heterocycles. The minimum Gasteiger partial charge on any atom is -0.493 e. The fourth-order valence-electron chi connectivity index (χ4n) is 6.63. The number of ketones is 1. The zero-order chi connectivity index (χ0) is 24.6. The predicted molar refractivity (Wildman–Crippen MR) is 143 cm³/mol. The van der Waals surface area contributed by atoms with Crippen LogP contribution in [-0.4, -0.2) is 20.0 Å².